The number of fused-ring (bicyclic) bond motifs is 2. The van der Waals surface area contributed by atoms with E-state index < -0.39 is 5.60 Å². The summed E-state index contributed by atoms with van der Waals surface area (Å²) >= 11 is 3.49. The number of carbonyl (C=O) groups excluding carboxylic acids is 1. The number of carbonyl (C=O) groups is 1. The second-order valence-electron chi connectivity index (χ2n) is 7.84. The largest absolute Gasteiger partial charge is 0.460 e. The molecule has 4 nitrogen and oxygen atoms in total. The maximum absolute atomic E-state index is 12.7. The van der Waals surface area contributed by atoms with Gasteiger partial charge in [-0.3, -0.25) is 4.79 Å². The lowest BCUT2D eigenvalue weighted by molar-refractivity contribution is -0.161. The molecule has 2 aliphatic rings. The Morgan fingerprint density at radius 3 is 2.87 bits per heavy atom. The molecule has 4 atom stereocenters. The van der Waals surface area contributed by atoms with Gasteiger partial charge in [0.15, 0.2) is 0 Å². The molecule has 4 rings (SSSR count). The molecule has 2 aromatic rings. The minimum atomic E-state index is -0.437. The van der Waals surface area contributed by atoms with Crippen molar-refractivity contribution in [1.82, 2.24) is 9.97 Å². The van der Waals surface area contributed by atoms with Crippen molar-refractivity contribution in [2.45, 2.75) is 45.1 Å². The van der Waals surface area contributed by atoms with Gasteiger partial charge in [-0.1, -0.05) is 15.9 Å². The van der Waals surface area contributed by atoms with Crippen molar-refractivity contribution >= 4 is 32.9 Å². The Hall–Kier alpha value is -1.36. The molecule has 23 heavy (non-hydrogen) atoms. The monoisotopic (exact) mass is 376 g/mol. The number of aromatic nitrogens is 2. The molecular formula is C18H21BrN2O2. The zero-order chi connectivity index (χ0) is 16.4. The van der Waals surface area contributed by atoms with Gasteiger partial charge in [0.1, 0.15) is 11.4 Å². The van der Waals surface area contributed by atoms with Crippen LogP contribution in [-0.2, 0) is 9.53 Å². The summed E-state index contributed by atoms with van der Waals surface area (Å²) in [6.45, 7) is 5.79. The first kappa shape index (κ1) is 15.2. The van der Waals surface area contributed by atoms with Crippen LogP contribution < -0.4 is 0 Å². The molecule has 0 spiro atoms. The van der Waals surface area contributed by atoms with E-state index in [2.05, 4.69) is 20.9 Å². The Morgan fingerprint density at radius 1 is 1.35 bits per heavy atom. The standard InChI is InChI=1S/C18H21BrN2O2/c1-18(2,3)23-17(22)15-11-6-9(11)7-12(15)16-20-13-5-4-10(19)8-14(13)21-16/h4-5,8-9,11-12,15H,6-7H2,1-3H3,(H,20,21)/t9-,11-,12-,15?/m1/s1. The average Bonchev–Trinajstić information content (AvgIpc) is 2.92. The summed E-state index contributed by atoms with van der Waals surface area (Å²) in [5.74, 6) is 2.12. The number of nitrogens with zero attached hydrogens (tertiary/aromatic N) is 1. The summed E-state index contributed by atoms with van der Waals surface area (Å²) < 4.78 is 6.70. The summed E-state index contributed by atoms with van der Waals surface area (Å²) in [5, 5.41) is 0. The van der Waals surface area contributed by atoms with E-state index in [9.17, 15) is 4.79 Å². The van der Waals surface area contributed by atoms with Crippen LogP contribution >= 0.6 is 15.9 Å². The number of rotatable bonds is 2. The first-order valence-electron chi connectivity index (χ1n) is 8.20. The van der Waals surface area contributed by atoms with Crippen LogP contribution in [0.4, 0.5) is 0 Å². The molecule has 122 valence electrons. The Bertz CT molecular complexity index is 777. The highest BCUT2D eigenvalue weighted by Gasteiger charge is 2.58. The number of halogens is 1. The van der Waals surface area contributed by atoms with Crippen LogP contribution in [0.5, 0.6) is 0 Å². The molecule has 0 radical (unpaired) electrons. The van der Waals surface area contributed by atoms with E-state index in [1.165, 1.54) is 0 Å². The summed E-state index contributed by atoms with van der Waals surface area (Å²) in [7, 11) is 0. The molecule has 0 aliphatic heterocycles. The fourth-order valence-corrected chi connectivity index (χ4v) is 4.28. The molecule has 2 saturated carbocycles. The fourth-order valence-electron chi connectivity index (χ4n) is 3.92. The Morgan fingerprint density at radius 2 is 2.13 bits per heavy atom. The number of benzene rings is 1. The maximum Gasteiger partial charge on any atom is 0.310 e. The molecule has 1 aromatic carbocycles. The third-order valence-electron chi connectivity index (χ3n) is 4.92. The quantitative estimate of drug-likeness (QED) is 0.789. The summed E-state index contributed by atoms with van der Waals surface area (Å²) in [5.41, 5.74) is 1.53. The molecule has 1 heterocycles. The highest BCUT2D eigenvalue weighted by atomic mass is 79.9. The van der Waals surface area contributed by atoms with E-state index in [1.54, 1.807) is 0 Å². The second kappa shape index (κ2) is 5.07. The van der Waals surface area contributed by atoms with E-state index in [4.69, 9.17) is 9.72 Å². The molecule has 0 amide bonds. The van der Waals surface area contributed by atoms with Crippen LogP contribution in [0.25, 0.3) is 11.0 Å². The van der Waals surface area contributed by atoms with E-state index in [0.717, 1.165) is 34.2 Å². The van der Waals surface area contributed by atoms with Gasteiger partial charge >= 0.3 is 5.97 Å². The first-order chi connectivity index (χ1) is 10.8. The number of ether oxygens (including phenoxy) is 1. The van der Waals surface area contributed by atoms with E-state index in [1.807, 2.05) is 39.0 Å². The highest BCUT2D eigenvalue weighted by Crippen LogP contribution is 2.61. The van der Waals surface area contributed by atoms with Crippen molar-refractivity contribution in [2.24, 2.45) is 17.8 Å². The topological polar surface area (TPSA) is 55.0 Å². The zero-order valence-corrected chi connectivity index (χ0v) is 15.2. The van der Waals surface area contributed by atoms with Crippen LogP contribution in [0.3, 0.4) is 0 Å². The molecule has 1 N–H and O–H groups in total. The smallest absolute Gasteiger partial charge is 0.310 e. The minimum Gasteiger partial charge on any atom is -0.460 e. The van der Waals surface area contributed by atoms with Gasteiger partial charge in [-0.15, -0.1) is 0 Å². The van der Waals surface area contributed by atoms with Crippen molar-refractivity contribution in [3.05, 3.63) is 28.5 Å². The lowest BCUT2D eigenvalue weighted by Crippen LogP contribution is -2.31. The number of imidazole rings is 1. The lowest BCUT2D eigenvalue weighted by Gasteiger charge is -2.25. The third kappa shape index (κ3) is 2.80. The molecule has 1 unspecified atom stereocenters. The second-order valence-corrected chi connectivity index (χ2v) is 8.76. The van der Waals surface area contributed by atoms with Crippen molar-refractivity contribution in [1.29, 1.82) is 0 Å². The first-order valence-corrected chi connectivity index (χ1v) is 8.99. The molecule has 0 bridgehead atoms. The normalized spacial score (nSPS) is 29.6. The Balaban J connectivity index is 1.65. The summed E-state index contributed by atoms with van der Waals surface area (Å²) in [6, 6.07) is 6.02. The van der Waals surface area contributed by atoms with Crippen LogP contribution in [0.1, 0.15) is 45.4 Å². The molecule has 1 aromatic heterocycles. The molecule has 2 aliphatic carbocycles. The number of esters is 1. The minimum absolute atomic E-state index is 0.0526. The summed E-state index contributed by atoms with van der Waals surface area (Å²) in [6.07, 6.45) is 2.20. The predicted octanol–water partition coefficient (Wildman–Crippen LogP) is 4.41. The number of H-pyrrole nitrogens is 1. The van der Waals surface area contributed by atoms with Gasteiger partial charge in [-0.25, -0.2) is 4.98 Å². The van der Waals surface area contributed by atoms with Gasteiger partial charge in [0.2, 0.25) is 0 Å². The van der Waals surface area contributed by atoms with Crippen LogP contribution in [0.15, 0.2) is 22.7 Å². The molecule has 5 heteroatoms. The number of nitrogens with one attached hydrogen (secondary N) is 1. The molecule has 0 saturated heterocycles. The lowest BCUT2D eigenvalue weighted by atomic mass is 9.90. The Kier molecular flexibility index (Phi) is 3.34. The Labute approximate surface area is 144 Å². The van der Waals surface area contributed by atoms with Gasteiger partial charge in [0.25, 0.3) is 0 Å². The molecule has 2 fully saturated rings. The molecular weight excluding hydrogens is 356 g/mol. The van der Waals surface area contributed by atoms with Gasteiger partial charge in [0.05, 0.1) is 17.0 Å². The van der Waals surface area contributed by atoms with Crippen molar-refractivity contribution in [2.75, 3.05) is 0 Å². The van der Waals surface area contributed by atoms with Crippen LogP contribution in [0.2, 0.25) is 0 Å². The van der Waals surface area contributed by atoms with Gasteiger partial charge < -0.3 is 9.72 Å². The van der Waals surface area contributed by atoms with Crippen LogP contribution in [-0.4, -0.2) is 21.5 Å². The van der Waals surface area contributed by atoms with Gasteiger partial charge in [-0.05, 0) is 63.6 Å². The zero-order valence-electron chi connectivity index (χ0n) is 13.6. The SMILES string of the molecule is CC(C)(C)OC(=O)C1[C@H](c2nc3ccc(Br)cc3[nH]2)C[C@H]2C[C@@H]12. The number of hydrogen-bond donors (Lipinski definition) is 1. The fraction of sp³-hybridized carbons (Fsp3) is 0.556. The number of hydrogen-bond acceptors (Lipinski definition) is 3. The van der Waals surface area contributed by atoms with Gasteiger partial charge in [0, 0.05) is 10.4 Å². The number of aromatic amines is 1. The third-order valence-corrected chi connectivity index (χ3v) is 5.41. The van der Waals surface area contributed by atoms with Crippen molar-refractivity contribution in [3.63, 3.8) is 0 Å². The predicted molar refractivity (Wildman–Crippen MR) is 92.1 cm³/mol. The average molecular weight is 377 g/mol. The van der Waals surface area contributed by atoms with Crippen LogP contribution in [0, 0.1) is 17.8 Å². The maximum atomic E-state index is 12.7. The highest BCUT2D eigenvalue weighted by molar-refractivity contribution is 9.10. The van der Waals surface area contributed by atoms with Gasteiger partial charge in [-0.2, -0.15) is 0 Å². The van der Waals surface area contributed by atoms with E-state index in [0.29, 0.717) is 11.8 Å². The van der Waals surface area contributed by atoms with E-state index in [-0.39, 0.29) is 17.8 Å². The van der Waals surface area contributed by atoms with E-state index >= 15 is 0 Å². The van der Waals surface area contributed by atoms with Crippen molar-refractivity contribution in [3.8, 4) is 0 Å². The van der Waals surface area contributed by atoms with Crippen molar-refractivity contribution < 1.29 is 9.53 Å². The summed E-state index contributed by atoms with van der Waals surface area (Å²) in [4.78, 5) is 20.8.